The Labute approximate surface area is 113 Å². The molecule has 7 nitrogen and oxygen atoms in total. The quantitative estimate of drug-likeness (QED) is 0.829. The van der Waals surface area contributed by atoms with Crippen LogP contribution in [0.1, 0.15) is 0 Å². The summed E-state index contributed by atoms with van der Waals surface area (Å²) in [5.74, 6) is 0.519. The first-order chi connectivity index (χ1) is 8.52. The summed E-state index contributed by atoms with van der Waals surface area (Å²) in [4.78, 5) is 8.37. The first-order valence-electron chi connectivity index (χ1n) is 5.16. The molecule has 0 radical (unpaired) electrons. The lowest BCUT2D eigenvalue weighted by Gasteiger charge is -2.07. The molecule has 0 aliphatic rings. The van der Waals surface area contributed by atoms with Gasteiger partial charge >= 0.3 is 0 Å². The second-order valence-corrected chi connectivity index (χ2v) is 6.38. The summed E-state index contributed by atoms with van der Waals surface area (Å²) in [6.07, 6.45) is 5.22. The van der Waals surface area contributed by atoms with Gasteiger partial charge in [0.15, 0.2) is 11.5 Å². The fourth-order valence-electron chi connectivity index (χ4n) is 1.43. The van der Waals surface area contributed by atoms with Gasteiger partial charge in [0.05, 0.1) is 5.75 Å². The van der Waals surface area contributed by atoms with Crippen molar-refractivity contribution in [1.29, 1.82) is 0 Å². The van der Waals surface area contributed by atoms with Gasteiger partial charge < -0.3 is 9.72 Å². The molecular weight excluding hydrogens is 322 g/mol. The average molecular weight is 334 g/mol. The minimum Gasteiger partial charge on any atom is -0.366 e. The Morgan fingerprint density at radius 1 is 1.50 bits per heavy atom. The highest BCUT2D eigenvalue weighted by Crippen LogP contribution is 2.16. The molecule has 0 saturated heterocycles. The van der Waals surface area contributed by atoms with Crippen LogP contribution in [0.15, 0.2) is 23.2 Å². The molecule has 0 amide bonds. The van der Waals surface area contributed by atoms with Gasteiger partial charge in [-0.3, -0.25) is 0 Å². The molecule has 98 valence electrons. The number of aromatic nitrogens is 3. The normalized spacial score (nSPS) is 11.9. The van der Waals surface area contributed by atoms with Crippen molar-refractivity contribution in [3.05, 3.63) is 23.2 Å². The van der Waals surface area contributed by atoms with Crippen LogP contribution in [-0.4, -0.2) is 42.1 Å². The van der Waals surface area contributed by atoms with E-state index in [4.69, 9.17) is 0 Å². The van der Waals surface area contributed by atoms with E-state index in [1.807, 2.05) is 0 Å². The number of fused-ring (bicyclic) bond motifs is 1. The molecule has 2 heterocycles. The van der Waals surface area contributed by atoms with Crippen LogP contribution >= 0.6 is 15.9 Å². The van der Waals surface area contributed by atoms with Crippen LogP contribution in [0, 0.1) is 0 Å². The second kappa shape index (κ2) is 5.21. The van der Waals surface area contributed by atoms with E-state index in [0.717, 1.165) is 0 Å². The molecule has 0 saturated carbocycles. The van der Waals surface area contributed by atoms with Gasteiger partial charge in [0.2, 0.25) is 10.0 Å². The second-order valence-electron chi connectivity index (χ2n) is 3.52. The molecule has 18 heavy (non-hydrogen) atoms. The van der Waals surface area contributed by atoms with E-state index in [0.29, 0.717) is 16.1 Å². The minimum atomic E-state index is -3.22. The Bertz CT molecular complexity index is 654. The Morgan fingerprint density at radius 3 is 3.00 bits per heavy atom. The van der Waals surface area contributed by atoms with Crippen LogP contribution in [0.4, 0.5) is 5.82 Å². The summed E-state index contributed by atoms with van der Waals surface area (Å²) < 4.78 is 27.2. The lowest BCUT2D eigenvalue weighted by molar-refractivity contribution is 0.588. The molecule has 0 aromatic carbocycles. The van der Waals surface area contributed by atoms with Crippen molar-refractivity contribution in [2.24, 2.45) is 0 Å². The van der Waals surface area contributed by atoms with Gasteiger partial charge in [-0.2, -0.15) is 0 Å². The minimum absolute atomic E-state index is 0.0233. The Balaban J connectivity index is 2.14. The van der Waals surface area contributed by atoms with E-state index >= 15 is 0 Å². The summed E-state index contributed by atoms with van der Waals surface area (Å²) >= 11 is 3.28. The van der Waals surface area contributed by atoms with Crippen LogP contribution in [-0.2, 0) is 10.0 Å². The highest BCUT2D eigenvalue weighted by atomic mass is 79.9. The summed E-state index contributed by atoms with van der Waals surface area (Å²) in [5, 5.41) is 2.96. The maximum absolute atomic E-state index is 11.3. The van der Waals surface area contributed by atoms with Crippen LogP contribution < -0.4 is 10.0 Å². The number of hydrogen-bond donors (Lipinski definition) is 2. The third kappa shape index (κ3) is 2.98. The number of nitrogens with one attached hydrogen (secondary N) is 2. The number of imidazole rings is 1. The maximum atomic E-state index is 11.3. The molecule has 0 bridgehead atoms. The molecule has 2 aromatic rings. The van der Waals surface area contributed by atoms with E-state index in [9.17, 15) is 8.42 Å². The summed E-state index contributed by atoms with van der Waals surface area (Å²) in [5.41, 5.74) is 0.653. The predicted molar refractivity (Wildman–Crippen MR) is 72.0 cm³/mol. The van der Waals surface area contributed by atoms with Gasteiger partial charge in [0.1, 0.15) is 4.60 Å². The monoisotopic (exact) mass is 333 g/mol. The van der Waals surface area contributed by atoms with Gasteiger partial charge in [-0.25, -0.2) is 23.1 Å². The zero-order chi connectivity index (χ0) is 13.2. The lowest BCUT2D eigenvalue weighted by Crippen LogP contribution is -2.26. The summed E-state index contributed by atoms with van der Waals surface area (Å²) in [6, 6.07) is 0. The number of anilines is 1. The van der Waals surface area contributed by atoms with Crippen LogP contribution in [0.2, 0.25) is 0 Å². The van der Waals surface area contributed by atoms with Gasteiger partial charge in [-0.05, 0) is 23.0 Å². The SMILES string of the molecule is CNS(=O)(=O)CCNc1nc(Br)cn2ccnc12. The van der Waals surface area contributed by atoms with Crippen molar-refractivity contribution in [3.8, 4) is 0 Å². The number of halogens is 1. The fourth-order valence-corrected chi connectivity index (χ4v) is 2.40. The van der Waals surface area contributed by atoms with E-state index in [2.05, 4.69) is 35.9 Å². The Morgan fingerprint density at radius 2 is 2.28 bits per heavy atom. The molecule has 9 heteroatoms. The van der Waals surface area contributed by atoms with Crippen molar-refractivity contribution in [2.75, 3.05) is 24.7 Å². The number of hydrogen-bond acceptors (Lipinski definition) is 5. The molecule has 0 fully saturated rings. The highest BCUT2D eigenvalue weighted by molar-refractivity contribution is 9.10. The van der Waals surface area contributed by atoms with Crippen LogP contribution in [0.3, 0.4) is 0 Å². The van der Waals surface area contributed by atoms with Crippen molar-refractivity contribution in [3.63, 3.8) is 0 Å². The van der Waals surface area contributed by atoms with Crippen LogP contribution in [0.5, 0.6) is 0 Å². The van der Waals surface area contributed by atoms with Crippen molar-refractivity contribution >= 4 is 37.4 Å². The number of rotatable bonds is 5. The molecule has 0 aliphatic heterocycles. The highest BCUT2D eigenvalue weighted by Gasteiger charge is 2.09. The van der Waals surface area contributed by atoms with Gasteiger partial charge in [-0.15, -0.1) is 0 Å². The molecule has 2 aromatic heterocycles. The van der Waals surface area contributed by atoms with Gasteiger partial charge in [0.25, 0.3) is 0 Å². The van der Waals surface area contributed by atoms with Gasteiger partial charge in [-0.1, -0.05) is 0 Å². The van der Waals surface area contributed by atoms with E-state index in [1.54, 1.807) is 23.0 Å². The Hall–Kier alpha value is -1.19. The number of nitrogens with zero attached hydrogens (tertiary/aromatic N) is 3. The molecule has 0 spiro atoms. The first kappa shape index (κ1) is 13.2. The topological polar surface area (TPSA) is 88.4 Å². The molecule has 2 N–H and O–H groups in total. The summed E-state index contributed by atoms with van der Waals surface area (Å²) in [7, 11) is -1.83. The molecule has 0 unspecified atom stereocenters. The van der Waals surface area contributed by atoms with Crippen molar-refractivity contribution in [2.45, 2.75) is 0 Å². The Kier molecular flexibility index (Phi) is 3.83. The first-order valence-corrected chi connectivity index (χ1v) is 7.60. The standard InChI is InChI=1S/C9H12BrN5O2S/c1-11-18(16,17)5-3-12-8-9-13-2-4-15(9)6-7(10)14-8/h2,4,6,11H,3,5H2,1H3,(H,12,14). The van der Waals surface area contributed by atoms with Crippen molar-refractivity contribution in [1.82, 2.24) is 19.1 Å². The fraction of sp³-hybridized carbons (Fsp3) is 0.333. The third-order valence-electron chi connectivity index (χ3n) is 2.32. The molecule has 2 rings (SSSR count). The molecule has 0 atom stereocenters. The van der Waals surface area contributed by atoms with E-state index in [1.165, 1.54) is 7.05 Å². The predicted octanol–water partition coefficient (Wildman–Crippen LogP) is 0.453. The third-order valence-corrected chi connectivity index (χ3v) is 4.06. The smallest absolute Gasteiger partial charge is 0.213 e. The average Bonchev–Trinajstić information content (AvgIpc) is 2.76. The lowest BCUT2D eigenvalue weighted by atomic mass is 10.5. The summed E-state index contributed by atoms with van der Waals surface area (Å²) in [6.45, 7) is 0.259. The maximum Gasteiger partial charge on any atom is 0.213 e. The molecule has 0 aliphatic carbocycles. The van der Waals surface area contributed by atoms with Crippen LogP contribution in [0.25, 0.3) is 5.65 Å². The number of sulfonamides is 1. The van der Waals surface area contributed by atoms with Crippen molar-refractivity contribution < 1.29 is 8.42 Å². The largest absolute Gasteiger partial charge is 0.366 e. The van der Waals surface area contributed by atoms with Gasteiger partial charge in [0, 0.05) is 25.1 Å². The van der Waals surface area contributed by atoms with E-state index < -0.39 is 10.0 Å². The zero-order valence-electron chi connectivity index (χ0n) is 9.59. The molecular formula is C9H12BrN5O2S. The van der Waals surface area contributed by atoms with E-state index in [-0.39, 0.29) is 12.3 Å². The zero-order valence-corrected chi connectivity index (χ0v) is 12.0.